The number of aliphatic hydroxyl groups excluding tert-OH is 1. The minimum atomic E-state index is -6.88. The molecule has 12 heteroatoms. The van der Waals surface area contributed by atoms with Gasteiger partial charge in [0, 0.05) is 19.6 Å². The van der Waals surface area contributed by atoms with E-state index in [1.807, 2.05) is 6.92 Å². The summed E-state index contributed by atoms with van der Waals surface area (Å²) in [5, 5.41) is 8.90. The maximum absolute atomic E-state index is 13.4. The number of alkyl halides is 9. The van der Waals surface area contributed by atoms with Crippen LogP contribution in [0.1, 0.15) is 31.7 Å². The second kappa shape index (κ2) is 10.8. The van der Waals surface area contributed by atoms with Crippen molar-refractivity contribution in [1.29, 1.82) is 0 Å². The molecule has 1 rings (SSSR count). The highest BCUT2D eigenvalue weighted by Crippen LogP contribution is 2.54. The molecule has 0 fully saturated rings. The van der Waals surface area contributed by atoms with Gasteiger partial charge < -0.3 is 14.6 Å². The molecule has 180 valence electrons. The summed E-state index contributed by atoms with van der Waals surface area (Å²) in [5.74, 6) is -18.8. The van der Waals surface area contributed by atoms with Crippen LogP contribution in [0.5, 0.6) is 5.75 Å². The standard InChI is InChI=1S/C19H23F9O3/c1-13(11-29)7-10-30-12-14-3-5-15(6-4-14)31-9-2-8-16(20,21)17(22,23)18(24,25)19(26,27)28/h3-6,13,29H,2,7-12H2,1H3/t13-/m1/s1. The summed E-state index contributed by atoms with van der Waals surface area (Å²) in [6.07, 6.45) is -8.97. The topological polar surface area (TPSA) is 38.7 Å². The van der Waals surface area contributed by atoms with Crippen LogP contribution in [0.15, 0.2) is 24.3 Å². The Labute approximate surface area is 173 Å². The first-order valence-corrected chi connectivity index (χ1v) is 9.26. The van der Waals surface area contributed by atoms with Gasteiger partial charge in [-0.25, -0.2) is 0 Å². The van der Waals surface area contributed by atoms with Crippen LogP contribution in [-0.2, 0) is 11.3 Å². The van der Waals surface area contributed by atoms with Gasteiger partial charge in [0.2, 0.25) is 0 Å². The van der Waals surface area contributed by atoms with E-state index in [-0.39, 0.29) is 24.9 Å². The van der Waals surface area contributed by atoms with Gasteiger partial charge in [0.25, 0.3) is 0 Å². The second-order valence-corrected chi connectivity index (χ2v) is 7.08. The number of hydrogen-bond acceptors (Lipinski definition) is 3. The summed E-state index contributed by atoms with van der Waals surface area (Å²) < 4.78 is 125. The molecule has 1 aromatic rings. The van der Waals surface area contributed by atoms with Crippen molar-refractivity contribution >= 4 is 0 Å². The molecule has 1 atom stereocenters. The fourth-order valence-corrected chi connectivity index (χ4v) is 2.30. The molecule has 0 saturated carbocycles. The van der Waals surface area contributed by atoms with E-state index in [4.69, 9.17) is 14.6 Å². The van der Waals surface area contributed by atoms with Gasteiger partial charge in [-0.3, -0.25) is 0 Å². The van der Waals surface area contributed by atoms with Crippen molar-refractivity contribution in [2.45, 2.75) is 56.7 Å². The first-order chi connectivity index (χ1) is 14.2. The van der Waals surface area contributed by atoms with Gasteiger partial charge in [0.15, 0.2) is 0 Å². The monoisotopic (exact) mass is 470 g/mol. The molecule has 0 radical (unpaired) electrons. The maximum atomic E-state index is 13.4. The summed E-state index contributed by atoms with van der Waals surface area (Å²) in [6, 6.07) is 6.02. The summed E-state index contributed by atoms with van der Waals surface area (Å²) in [6.45, 7) is 1.98. The van der Waals surface area contributed by atoms with Crippen molar-refractivity contribution in [3.63, 3.8) is 0 Å². The van der Waals surface area contributed by atoms with E-state index in [9.17, 15) is 39.5 Å². The van der Waals surface area contributed by atoms with Gasteiger partial charge >= 0.3 is 23.9 Å². The van der Waals surface area contributed by atoms with Gasteiger partial charge in [-0.05, 0) is 36.5 Å². The number of ether oxygens (including phenoxy) is 2. The van der Waals surface area contributed by atoms with Crippen LogP contribution in [0.25, 0.3) is 0 Å². The number of halogens is 9. The van der Waals surface area contributed by atoms with E-state index in [0.717, 1.165) is 5.56 Å². The Bertz CT molecular complexity index is 661. The van der Waals surface area contributed by atoms with E-state index in [1.54, 1.807) is 12.1 Å². The molecule has 0 unspecified atom stereocenters. The second-order valence-electron chi connectivity index (χ2n) is 7.08. The van der Waals surface area contributed by atoms with E-state index in [1.165, 1.54) is 12.1 Å². The lowest BCUT2D eigenvalue weighted by atomic mass is 10.00. The van der Waals surface area contributed by atoms with Crippen LogP contribution in [-0.4, -0.2) is 48.9 Å². The zero-order chi connectivity index (χ0) is 23.9. The fraction of sp³-hybridized carbons (Fsp3) is 0.684. The number of rotatable bonds is 13. The Balaban J connectivity index is 2.48. The highest BCUT2D eigenvalue weighted by Gasteiger charge is 2.81. The molecule has 0 aromatic heterocycles. The molecule has 31 heavy (non-hydrogen) atoms. The lowest BCUT2D eigenvalue weighted by Gasteiger charge is -2.33. The predicted molar refractivity (Wildman–Crippen MR) is 92.6 cm³/mol. The Morgan fingerprint density at radius 1 is 0.871 bits per heavy atom. The molecule has 0 aliphatic rings. The molecular weight excluding hydrogens is 447 g/mol. The largest absolute Gasteiger partial charge is 0.494 e. The fourth-order valence-electron chi connectivity index (χ4n) is 2.30. The third-order valence-electron chi connectivity index (χ3n) is 4.37. The third-order valence-corrected chi connectivity index (χ3v) is 4.37. The SMILES string of the molecule is C[C@@H](CO)CCOCc1ccc(OCCCC(F)(F)C(F)(F)C(F)(F)C(F)(F)F)cc1. The number of aliphatic hydroxyl groups is 1. The van der Waals surface area contributed by atoms with Crippen LogP contribution in [0.4, 0.5) is 39.5 Å². The highest BCUT2D eigenvalue weighted by molar-refractivity contribution is 5.26. The normalized spacial score (nSPS) is 14.5. The minimum Gasteiger partial charge on any atom is -0.494 e. The molecule has 0 aliphatic heterocycles. The van der Waals surface area contributed by atoms with E-state index in [2.05, 4.69) is 0 Å². The van der Waals surface area contributed by atoms with Crippen LogP contribution >= 0.6 is 0 Å². The number of benzene rings is 1. The molecule has 0 spiro atoms. The molecule has 0 heterocycles. The van der Waals surface area contributed by atoms with Crippen molar-refractivity contribution < 1.29 is 54.1 Å². The van der Waals surface area contributed by atoms with Crippen molar-refractivity contribution in [3.8, 4) is 5.75 Å². The van der Waals surface area contributed by atoms with Crippen LogP contribution in [0.2, 0.25) is 0 Å². The molecule has 0 amide bonds. The van der Waals surface area contributed by atoms with E-state index in [0.29, 0.717) is 13.0 Å². The van der Waals surface area contributed by atoms with Gasteiger partial charge in [-0.1, -0.05) is 19.1 Å². The average Bonchev–Trinajstić information content (AvgIpc) is 2.68. The summed E-state index contributed by atoms with van der Waals surface area (Å²) >= 11 is 0. The van der Waals surface area contributed by atoms with Crippen LogP contribution < -0.4 is 4.74 Å². The quantitative estimate of drug-likeness (QED) is 0.291. The van der Waals surface area contributed by atoms with Crippen molar-refractivity contribution in [2.24, 2.45) is 5.92 Å². The van der Waals surface area contributed by atoms with Gasteiger partial charge in [0.1, 0.15) is 5.75 Å². The zero-order valence-electron chi connectivity index (χ0n) is 16.5. The van der Waals surface area contributed by atoms with Crippen LogP contribution in [0.3, 0.4) is 0 Å². The summed E-state index contributed by atoms with van der Waals surface area (Å²) in [7, 11) is 0. The smallest absolute Gasteiger partial charge is 0.460 e. The third kappa shape index (κ3) is 7.16. The van der Waals surface area contributed by atoms with Crippen molar-refractivity contribution in [2.75, 3.05) is 19.8 Å². The molecule has 3 nitrogen and oxygen atoms in total. The van der Waals surface area contributed by atoms with E-state index >= 15 is 0 Å². The highest BCUT2D eigenvalue weighted by atomic mass is 19.4. The number of hydrogen-bond donors (Lipinski definition) is 1. The lowest BCUT2D eigenvalue weighted by Crippen LogP contribution is -2.60. The Morgan fingerprint density at radius 3 is 1.97 bits per heavy atom. The first-order valence-electron chi connectivity index (χ1n) is 9.26. The average molecular weight is 470 g/mol. The van der Waals surface area contributed by atoms with Gasteiger partial charge in [0.05, 0.1) is 13.2 Å². The Kier molecular flexibility index (Phi) is 9.49. The molecule has 0 aliphatic carbocycles. The van der Waals surface area contributed by atoms with Gasteiger partial charge in [-0.15, -0.1) is 0 Å². The Hall–Kier alpha value is -1.69. The lowest BCUT2D eigenvalue weighted by molar-refractivity contribution is -0.396. The molecule has 0 saturated heterocycles. The van der Waals surface area contributed by atoms with Crippen molar-refractivity contribution in [3.05, 3.63) is 29.8 Å². The molecule has 0 bridgehead atoms. The molecular formula is C19H23F9O3. The van der Waals surface area contributed by atoms with Gasteiger partial charge in [-0.2, -0.15) is 39.5 Å². The molecule has 1 N–H and O–H groups in total. The predicted octanol–water partition coefficient (Wildman–Crippen LogP) is 5.85. The Morgan fingerprint density at radius 2 is 1.45 bits per heavy atom. The summed E-state index contributed by atoms with van der Waals surface area (Å²) in [5.41, 5.74) is 0.740. The molecule has 1 aromatic carbocycles. The first kappa shape index (κ1) is 27.3. The minimum absolute atomic E-state index is 0.0454. The van der Waals surface area contributed by atoms with E-state index < -0.39 is 43.4 Å². The summed E-state index contributed by atoms with van der Waals surface area (Å²) in [4.78, 5) is 0. The van der Waals surface area contributed by atoms with Crippen molar-refractivity contribution in [1.82, 2.24) is 0 Å². The van der Waals surface area contributed by atoms with Crippen LogP contribution in [0, 0.1) is 5.92 Å². The maximum Gasteiger partial charge on any atom is 0.460 e. The zero-order valence-corrected chi connectivity index (χ0v) is 16.5.